The van der Waals surface area contributed by atoms with Crippen LogP contribution in [0.1, 0.15) is 15.9 Å². The van der Waals surface area contributed by atoms with E-state index in [0.29, 0.717) is 21.6 Å². The van der Waals surface area contributed by atoms with Crippen molar-refractivity contribution < 1.29 is 14.3 Å². The largest absolute Gasteiger partial charge is 0.545 e. The minimum atomic E-state index is -1.33. The first-order valence-electron chi connectivity index (χ1n) is 6.52. The molecule has 110 valence electrons. The molecule has 0 spiro atoms. The highest BCUT2D eigenvalue weighted by Crippen LogP contribution is 2.27. The third kappa shape index (κ3) is 2.38. The van der Waals surface area contributed by atoms with Gasteiger partial charge in [0, 0.05) is 22.2 Å². The number of rotatable bonds is 2. The van der Waals surface area contributed by atoms with Gasteiger partial charge in [-0.2, -0.15) is 0 Å². The van der Waals surface area contributed by atoms with Crippen molar-refractivity contribution in [2.24, 2.45) is 0 Å². The first-order chi connectivity index (χ1) is 10.5. The molecule has 0 aliphatic heterocycles. The lowest BCUT2D eigenvalue weighted by Crippen LogP contribution is -2.23. The number of benzene rings is 2. The molecule has 5 heteroatoms. The van der Waals surface area contributed by atoms with Crippen LogP contribution in [0.3, 0.4) is 0 Å². The molecular weight excluding hydrogens is 304 g/mol. The van der Waals surface area contributed by atoms with Gasteiger partial charge >= 0.3 is 0 Å². The predicted molar refractivity (Wildman–Crippen MR) is 82.0 cm³/mol. The highest BCUT2D eigenvalue weighted by molar-refractivity contribution is 6.32. The molecule has 3 rings (SSSR count). The summed E-state index contributed by atoms with van der Waals surface area (Å²) in [6.07, 6.45) is 0. The minimum Gasteiger partial charge on any atom is -0.545 e. The minimum absolute atomic E-state index is 0.0318. The summed E-state index contributed by atoms with van der Waals surface area (Å²) in [5, 5.41) is 12.0. The topological polar surface area (TPSA) is 70.3 Å². The Labute approximate surface area is 130 Å². The van der Waals surface area contributed by atoms with Gasteiger partial charge in [0.05, 0.1) is 11.4 Å². The summed E-state index contributed by atoms with van der Waals surface area (Å²) in [5.74, 6) is -1.15. The van der Waals surface area contributed by atoms with E-state index in [1.807, 2.05) is 0 Å². The first kappa shape index (κ1) is 14.4. The van der Waals surface area contributed by atoms with E-state index in [1.54, 1.807) is 37.3 Å². The number of carboxylic acid groups (broad SMARTS) is 1. The fraction of sp³-hybridized carbons (Fsp3) is 0.0588. The Morgan fingerprint density at radius 3 is 2.64 bits per heavy atom. The smallest absolute Gasteiger partial charge is 0.193 e. The van der Waals surface area contributed by atoms with E-state index < -0.39 is 5.97 Å². The molecule has 4 nitrogen and oxygen atoms in total. The lowest BCUT2D eigenvalue weighted by atomic mass is 10.0. The zero-order valence-electron chi connectivity index (χ0n) is 11.6. The van der Waals surface area contributed by atoms with Crippen LogP contribution >= 0.6 is 11.6 Å². The van der Waals surface area contributed by atoms with Crippen LogP contribution in [0.25, 0.3) is 22.3 Å². The van der Waals surface area contributed by atoms with Gasteiger partial charge in [0.2, 0.25) is 0 Å². The summed E-state index contributed by atoms with van der Waals surface area (Å²) in [4.78, 5) is 23.4. The van der Waals surface area contributed by atoms with Crippen molar-refractivity contribution in [3.05, 3.63) is 68.8 Å². The average Bonchev–Trinajstić information content (AvgIpc) is 2.49. The molecule has 0 fully saturated rings. The number of aromatic carboxylic acids is 1. The quantitative estimate of drug-likeness (QED) is 0.729. The van der Waals surface area contributed by atoms with Crippen molar-refractivity contribution in [2.75, 3.05) is 0 Å². The number of carbonyl (C=O) groups is 1. The fourth-order valence-electron chi connectivity index (χ4n) is 2.29. The van der Waals surface area contributed by atoms with Crippen molar-refractivity contribution in [2.45, 2.75) is 6.92 Å². The molecule has 0 amide bonds. The predicted octanol–water partition coefficient (Wildman–Crippen LogP) is 2.79. The second-order valence-electron chi connectivity index (χ2n) is 4.91. The Morgan fingerprint density at radius 1 is 1.18 bits per heavy atom. The SMILES string of the molecule is Cc1cc2oc(-c3ccccc3C(=O)[O-])cc(=O)c2cc1Cl. The molecule has 1 heterocycles. The molecule has 0 unspecified atom stereocenters. The number of halogens is 1. The zero-order chi connectivity index (χ0) is 15.9. The van der Waals surface area contributed by atoms with Gasteiger partial charge in [-0.25, -0.2) is 0 Å². The molecule has 0 radical (unpaired) electrons. The fourth-order valence-corrected chi connectivity index (χ4v) is 2.45. The van der Waals surface area contributed by atoms with E-state index in [-0.39, 0.29) is 16.8 Å². The van der Waals surface area contributed by atoms with Crippen LogP contribution in [0.2, 0.25) is 5.02 Å². The van der Waals surface area contributed by atoms with Gasteiger partial charge in [0.25, 0.3) is 0 Å². The molecule has 0 saturated heterocycles. The molecular formula is C17H10ClO4-. The van der Waals surface area contributed by atoms with Crippen molar-refractivity contribution in [3.63, 3.8) is 0 Å². The highest BCUT2D eigenvalue weighted by Gasteiger charge is 2.12. The van der Waals surface area contributed by atoms with Crippen LogP contribution in [0.4, 0.5) is 0 Å². The summed E-state index contributed by atoms with van der Waals surface area (Å²) in [5.41, 5.74) is 1.11. The van der Waals surface area contributed by atoms with Gasteiger partial charge in [-0.1, -0.05) is 35.9 Å². The van der Waals surface area contributed by atoms with Crippen LogP contribution in [-0.2, 0) is 0 Å². The van der Waals surface area contributed by atoms with E-state index >= 15 is 0 Å². The number of aryl methyl sites for hydroxylation is 1. The van der Waals surface area contributed by atoms with Gasteiger partial charge < -0.3 is 14.3 Å². The molecule has 2 aromatic carbocycles. The summed E-state index contributed by atoms with van der Waals surface area (Å²) in [7, 11) is 0. The summed E-state index contributed by atoms with van der Waals surface area (Å²) in [6, 6.07) is 10.7. The first-order valence-corrected chi connectivity index (χ1v) is 6.90. The third-order valence-corrected chi connectivity index (χ3v) is 3.83. The summed E-state index contributed by atoms with van der Waals surface area (Å²) < 4.78 is 5.71. The number of fused-ring (bicyclic) bond motifs is 1. The molecule has 0 aliphatic carbocycles. The Morgan fingerprint density at radius 2 is 1.91 bits per heavy atom. The summed E-state index contributed by atoms with van der Waals surface area (Å²) in [6.45, 7) is 1.80. The van der Waals surface area contributed by atoms with Gasteiger partial charge in [-0.15, -0.1) is 0 Å². The molecule has 0 bridgehead atoms. The van der Waals surface area contributed by atoms with Gasteiger partial charge in [0.1, 0.15) is 11.3 Å². The summed E-state index contributed by atoms with van der Waals surface area (Å²) >= 11 is 6.02. The number of hydrogen-bond acceptors (Lipinski definition) is 4. The standard InChI is InChI=1S/C17H11ClO4/c1-9-6-15-12(7-13(9)18)14(19)8-16(22-15)10-4-2-3-5-11(10)17(20)21/h2-8H,1H3,(H,20,21)/p-1. The van der Waals surface area contributed by atoms with E-state index in [4.69, 9.17) is 16.0 Å². The molecule has 0 aliphatic rings. The maximum atomic E-state index is 12.2. The van der Waals surface area contributed by atoms with Crippen LogP contribution in [0, 0.1) is 6.92 Å². The molecule has 0 atom stereocenters. The number of hydrogen-bond donors (Lipinski definition) is 0. The van der Waals surface area contributed by atoms with Crippen LogP contribution < -0.4 is 10.5 Å². The second-order valence-corrected chi connectivity index (χ2v) is 5.31. The van der Waals surface area contributed by atoms with E-state index in [9.17, 15) is 14.7 Å². The van der Waals surface area contributed by atoms with Crippen molar-refractivity contribution in [1.29, 1.82) is 0 Å². The van der Waals surface area contributed by atoms with Crippen molar-refractivity contribution in [1.82, 2.24) is 0 Å². The third-order valence-electron chi connectivity index (χ3n) is 3.42. The lowest BCUT2D eigenvalue weighted by Gasteiger charge is -2.10. The van der Waals surface area contributed by atoms with Gasteiger partial charge in [0.15, 0.2) is 5.43 Å². The Balaban J connectivity index is 2.32. The highest BCUT2D eigenvalue weighted by atomic mass is 35.5. The Hall–Kier alpha value is -2.59. The second kappa shape index (κ2) is 5.31. The van der Waals surface area contributed by atoms with Crippen LogP contribution in [0.5, 0.6) is 0 Å². The van der Waals surface area contributed by atoms with Crippen molar-refractivity contribution >= 4 is 28.5 Å². The normalized spacial score (nSPS) is 10.8. The van der Waals surface area contributed by atoms with Gasteiger partial charge in [-0.05, 0) is 24.6 Å². The molecule has 3 aromatic rings. The number of carbonyl (C=O) groups excluding carboxylic acids is 1. The van der Waals surface area contributed by atoms with Crippen LogP contribution in [0.15, 0.2) is 51.7 Å². The van der Waals surface area contributed by atoms with E-state index in [0.717, 1.165) is 5.56 Å². The lowest BCUT2D eigenvalue weighted by molar-refractivity contribution is -0.254. The molecule has 0 N–H and O–H groups in total. The maximum absolute atomic E-state index is 12.2. The Bertz CT molecular complexity index is 957. The molecule has 0 saturated carbocycles. The maximum Gasteiger partial charge on any atom is 0.193 e. The van der Waals surface area contributed by atoms with E-state index in [2.05, 4.69) is 0 Å². The number of carboxylic acids is 1. The zero-order valence-corrected chi connectivity index (χ0v) is 12.3. The Kier molecular flexibility index (Phi) is 3.47. The van der Waals surface area contributed by atoms with Crippen LogP contribution in [-0.4, -0.2) is 5.97 Å². The molecule has 22 heavy (non-hydrogen) atoms. The average molecular weight is 314 g/mol. The van der Waals surface area contributed by atoms with Gasteiger partial charge in [-0.3, -0.25) is 4.79 Å². The van der Waals surface area contributed by atoms with Crippen molar-refractivity contribution in [3.8, 4) is 11.3 Å². The van der Waals surface area contributed by atoms with E-state index in [1.165, 1.54) is 12.1 Å². The monoisotopic (exact) mass is 313 g/mol. The molecule has 1 aromatic heterocycles.